The minimum atomic E-state index is -4.35. The van der Waals surface area contributed by atoms with Gasteiger partial charge < -0.3 is 15.7 Å². The summed E-state index contributed by atoms with van der Waals surface area (Å²) in [5.41, 5.74) is 2.60. The Morgan fingerprint density at radius 3 is 2.42 bits per heavy atom. The van der Waals surface area contributed by atoms with E-state index in [2.05, 4.69) is 20.7 Å². The van der Waals surface area contributed by atoms with Gasteiger partial charge >= 0.3 is 5.69 Å². The summed E-state index contributed by atoms with van der Waals surface area (Å²) in [4.78, 5) is 27.3. The van der Waals surface area contributed by atoms with E-state index < -0.39 is 28.0 Å². The Hall–Kier alpha value is -4.26. The molecule has 3 aromatic carbocycles. The molecular formula is C24H21N5O6S. The van der Waals surface area contributed by atoms with Crippen molar-refractivity contribution in [3.05, 3.63) is 100.0 Å². The molecule has 0 bridgehead atoms. The maximum atomic E-state index is 12.8. The topological polar surface area (TPSA) is 166 Å². The molecule has 0 spiro atoms. The van der Waals surface area contributed by atoms with E-state index in [4.69, 9.17) is 4.55 Å². The number of rotatable bonds is 6. The van der Waals surface area contributed by atoms with Crippen LogP contribution >= 0.6 is 0 Å². The number of aliphatic hydroxyl groups excluding tert-OH is 1. The average Bonchev–Trinajstić information content (AvgIpc) is 3.37. The number of aliphatic hydroxyl groups is 1. The van der Waals surface area contributed by atoms with E-state index in [1.165, 1.54) is 12.1 Å². The Morgan fingerprint density at radius 1 is 1.03 bits per heavy atom. The van der Waals surface area contributed by atoms with Crippen LogP contribution in [-0.4, -0.2) is 44.9 Å². The van der Waals surface area contributed by atoms with Crippen LogP contribution in [0.3, 0.4) is 0 Å². The first-order valence-electron chi connectivity index (χ1n) is 10.9. The number of H-pyrrole nitrogens is 1. The largest absolute Gasteiger partial charge is 0.390 e. The first-order chi connectivity index (χ1) is 17.2. The highest BCUT2D eigenvalue weighted by Gasteiger charge is 2.32. The molecule has 0 aliphatic heterocycles. The molecule has 11 nitrogen and oxygen atoms in total. The van der Waals surface area contributed by atoms with Crippen LogP contribution in [0.2, 0.25) is 0 Å². The van der Waals surface area contributed by atoms with Crippen molar-refractivity contribution in [2.45, 2.75) is 23.5 Å². The maximum absolute atomic E-state index is 12.8. The lowest BCUT2D eigenvalue weighted by Crippen LogP contribution is -2.33. The number of hydrogen-bond acceptors (Lipinski definition) is 7. The van der Waals surface area contributed by atoms with Gasteiger partial charge in [-0.3, -0.25) is 14.3 Å². The van der Waals surface area contributed by atoms with Crippen molar-refractivity contribution in [1.29, 1.82) is 0 Å². The number of nitrogens with zero attached hydrogens (tertiary/aromatic N) is 2. The van der Waals surface area contributed by atoms with E-state index in [1.807, 2.05) is 24.3 Å². The number of benzene rings is 3. The number of nitrogens with one attached hydrogen (secondary N) is 3. The van der Waals surface area contributed by atoms with Crippen LogP contribution in [-0.2, 0) is 16.5 Å². The first kappa shape index (κ1) is 23.5. The fourth-order valence-corrected chi connectivity index (χ4v) is 4.61. The van der Waals surface area contributed by atoms with Gasteiger partial charge in [-0.05, 0) is 59.7 Å². The summed E-state index contributed by atoms with van der Waals surface area (Å²) in [6.07, 6.45) is -0.206. The third-order valence-corrected chi connectivity index (χ3v) is 6.77. The van der Waals surface area contributed by atoms with E-state index in [9.17, 15) is 23.1 Å². The summed E-state index contributed by atoms with van der Waals surface area (Å²) in [6, 6.07) is 18.6. The molecule has 1 aromatic heterocycles. The summed E-state index contributed by atoms with van der Waals surface area (Å²) in [5.74, 6) is -0.199. The summed E-state index contributed by atoms with van der Waals surface area (Å²) in [5, 5.41) is 20.3. The second-order valence-corrected chi connectivity index (χ2v) is 9.70. The fraction of sp³-hybridized carbons (Fsp3) is 0.125. The number of hydrogen-bond donors (Lipinski definition) is 5. The fourth-order valence-electron chi connectivity index (χ4n) is 4.13. The molecule has 184 valence electrons. The summed E-state index contributed by atoms with van der Waals surface area (Å²) in [7, 11) is -4.35. The van der Waals surface area contributed by atoms with Gasteiger partial charge in [0.15, 0.2) is 0 Å². The molecule has 36 heavy (non-hydrogen) atoms. The Kier molecular flexibility index (Phi) is 5.92. The van der Waals surface area contributed by atoms with Crippen molar-refractivity contribution in [1.82, 2.24) is 20.1 Å². The average molecular weight is 508 g/mol. The van der Waals surface area contributed by atoms with Crippen molar-refractivity contribution < 1.29 is 22.9 Å². The molecule has 5 N–H and O–H groups in total. The van der Waals surface area contributed by atoms with Gasteiger partial charge in [0.05, 0.1) is 22.7 Å². The number of amides is 1. The summed E-state index contributed by atoms with van der Waals surface area (Å²) in [6.45, 7) is 0. The van der Waals surface area contributed by atoms with E-state index in [0.717, 1.165) is 27.9 Å². The van der Waals surface area contributed by atoms with Crippen molar-refractivity contribution in [3.8, 4) is 5.69 Å². The number of carbonyl (C=O) groups excluding carboxylic acids is 1. The Bertz CT molecular complexity index is 1590. The lowest BCUT2D eigenvalue weighted by atomic mass is 10.1. The minimum Gasteiger partial charge on any atom is -0.390 e. The quantitative estimate of drug-likeness (QED) is 0.247. The number of anilines is 2. The van der Waals surface area contributed by atoms with Crippen molar-refractivity contribution >= 4 is 27.7 Å². The second-order valence-electron chi connectivity index (χ2n) is 8.28. The third-order valence-electron chi connectivity index (χ3n) is 5.90. The van der Waals surface area contributed by atoms with Gasteiger partial charge in [-0.2, -0.15) is 13.1 Å². The van der Waals surface area contributed by atoms with Gasteiger partial charge in [0.25, 0.3) is 16.0 Å². The SMILES string of the molecule is O=C(N[C@@H]1c2ccccc2C[C@@H]1O)c1ccc(Nc2nn(-c3ccc(S(=O)(=O)O)cc3)c(=O)[nH]2)cc1. The Labute approximate surface area is 205 Å². The Morgan fingerprint density at radius 2 is 1.72 bits per heavy atom. The molecule has 1 aliphatic rings. The van der Waals surface area contributed by atoms with Crippen molar-refractivity contribution in [3.63, 3.8) is 0 Å². The zero-order chi connectivity index (χ0) is 25.4. The van der Waals surface area contributed by atoms with Crippen molar-refractivity contribution in [2.24, 2.45) is 0 Å². The summed E-state index contributed by atoms with van der Waals surface area (Å²) < 4.78 is 32.5. The lowest BCUT2D eigenvalue weighted by molar-refractivity contribution is 0.0858. The molecule has 4 aromatic rings. The third kappa shape index (κ3) is 4.64. The monoisotopic (exact) mass is 507 g/mol. The van der Waals surface area contributed by atoms with E-state index in [-0.39, 0.29) is 16.8 Å². The molecule has 1 heterocycles. The van der Waals surface area contributed by atoms with Gasteiger partial charge in [0, 0.05) is 17.7 Å². The molecule has 1 amide bonds. The highest BCUT2D eigenvalue weighted by molar-refractivity contribution is 7.85. The Balaban J connectivity index is 1.27. The minimum absolute atomic E-state index is 0.127. The zero-order valence-electron chi connectivity index (χ0n) is 18.6. The number of aromatic amines is 1. The normalized spacial score (nSPS) is 16.9. The van der Waals surface area contributed by atoms with Gasteiger partial charge in [-0.1, -0.05) is 24.3 Å². The molecule has 0 fully saturated rings. The van der Waals surface area contributed by atoms with Crippen LogP contribution in [0, 0.1) is 0 Å². The predicted molar refractivity (Wildman–Crippen MR) is 130 cm³/mol. The molecule has 5 rings (SSSR count). The van der Waals surface area contributed by atoms with E-state index in [0.29, 0.717) is 23.4 Å². The van der Waals surface area contributed by atoms with E-state index >= 15 is 0 Å². The highest BCUT2D eigenvalue weighted by atomic mass is 32.2. The van der Waals surface area contributed by atoms with Gasteiger partial charge in [0.1, 0.15) is 0 Å². The molecule has 1 aliphatic carbocycles. The summed E-state index contributed by atoms with van der Waals surface area (Å²) >= 11 is 0. The smallest absolute Gasteiger partial charge is 0.349 e. The van der Waals surface area contributed by atoms with Crippen LogP contribution in [0.4, 0.5) is 11.6 Å². The molecule has 0 saturated heterocycles. The highest BCUT2D eigenvalue weighted by Crippen LogP contribution is 2.31. The number of aromatic nitrogens is 3. The molecule has 12 heteroatoms. The van der Waals surface area contributed by atoms with Crippen molar-refractivity contribution in [2.75, 3.05) is 5.32 Å². The first-order valence-corrected chi connectivity index (χ1v) is 12.3. The van der Waals surface area contributed by atoms with Crippen LogP contribution < -0.4 is 16.3 Å². The lowest BCUT2D eigenvalue weighted by Gasteiger charge is -2.18. The maximum Gasteiger partial charge on any atom is 0.349 e. The van der Waals surface area contributed by atoms with Gasteiger partial charge in [-0.15, -0.1) is 5.10 Å². The predicted octanol–water partition coefficient (Wildman–Crippen LogP) is 1.94. The van der Waals surface area contributed by atoms with Gasteiger partial charge in [-0.25, -0.2) is 4.79 Å². The van der Waals surface area contributed by atoms with Crippen LogP contribution in [0.1, 0.15) is 27.5 Å². The molecule has 0 unspecified atom stereocenters. The number of carbonyl (C=O) groups is 1. The van der Waals surface area contributed by atoms with E-state index in [1.54, 1.807) is 24.3 Å². The van der Waals surface area contributed by atoms with Crippen LogP contribution in [0.5, 0.6) is 0 Å². The molecular weight excluding hydrogens is 486 g/mol. The molecule has 0 saturated carbocycles. The number of fused-ring (bicyclic) bond motifs is 1. The zero-order valence-corrected chi connectivity index (χ0v) is 19.4. The molecule has 0 radical (unpaired) electrons. The molecule has 2 atom stereocenters. The van der Waals surface area contributed by atoms with Gasteiger partial charge in [0.2, 0.25) is 5.95 Å². The second kappa shape index (κ2) is 9.07. The van der Waals surface area contributed by atoms with Crippen LogP contribution in [0.15, 0.2) is 82.5 Å². The van der Waals surface area contributed by atoms with Crippen LogP contribution in [0.25, 0.3) is 5.69 Å². The standard InChI is InChI=1S/C24H21N5O6S/c30-20-13-15-3-1-2-4-19(15)21(20)26-22(31)14-5-7-16(8-6-14)25-23-27-24(32)29(28-23)17-9-11-18(12-10-17)36(33,34)35/h1-12,20-21,30H,13H2,(H,26,31)(H,33,34,35)(H2,25,27,28,32)/t20-,21+/m0/s1.